The van der Waals surface area contributed by atoms with Gasteiger partial charge in [-0.05, 0) is 37.8 Å². The molecular formula is C17H22N2O2. The fourth-order valence-electron chi connectivity index (χ4n) is 3.31. The Morgan fingerprint density at radius 1 is 1.33 bits per heavy atom. The lowest BCUT2D eigenvalue weighted by molar-refractivity contribution is 0.279. The number of methoxy groups -OCH3 is 1. The van der Waals surface area contributed by atoms with E-state index in [9.17, 15) is 0 Å². The van der Waals surface area contributed by atoms with Crippen molar-refractivity contribution >= 4 is 16.6 Å². The van der Waals surface area contributed by atoms with E-state index in [0.29, 0.717) is 6.04 Å². The predicted molar refractivity (Wildman–Crippen MR) is 85.0 cm³/mol. The van der Waals surface area contributed by atoms with Gasteiger partial charge in [-0.1, -0.05) is 12.1 Å². The van der Waals surface area contributed by atoms with Crippen LogP contribution in [0, 0.1) is 0 Å². The van der Waals surface area contributed by atoms with Crippen LogP contribution in [0.5, 0.6) is 5.75 Å². The van der Waals surface area contributed by atoms with E-state index in [1.54, 1.807) is 7.11 Å². The fraction of sp³-hybridized carbons (Fsp3) is 0.471. The number of hydrogen-bond donors (Lipinski definition) is 1. The van der Waals surface area contributed by atoms with E-state index in [4.69, 9.17) is 9.84 Å². The van der Waals surface area contributed by atoms with Gasteiger partial charge >= 0.3 is 0 Å². The van der Waals surface area contributed by atoms with Gasteiger partial charge in [0.1, 0.15) is 11.6 Å². The van der Waals surface area contributed by atoms with Crippen molar-refractivity contribution in [3.8, 4) is 5.75 Å². The SMILES string of the molecule is COc1cccc2c(N3CCCC3CCCO)nccc12. The van der Waals surface area contributed by atoms with Crippen LogP contribution in [-0.2, 0) is 0 Å². The van der Waals surface area contributed by atoms with E-state index in [1.807, 2.05) is 24.4 Å². The molecule has 1 saturated heterocycles. The summed E-state index contributed by atoms with van der Waals surface area (Å²) in [6.45, 7) is 1.31. The van der Waals surface area contributed by atoms with Crippen LogP contribution in [0.2, 0.25) is 0 Å². The zero-order valence-corrected chi connectivity index (χ0v) is 12.5. The summed E-state index contributed by atoms with van der Waals surface area (Å²) in [4.78, 5) is 7.03. The maximum absolute atomic E-state index is 9.07. The van der Waals surface area contributed by atoms with Gasteiger partial charge in [0, 0.05) is 36.2 Å². The van der Waals surface area contributed by atoms with Crippen LogP contribution >= 0.6 is 0 Å². The number of nitrogens with zero attached hydrogens (tertiary/aromatic N) is 2. The van der Waals surface area contributed by atoms with Gasteiger partial charge < -0.3 is 14.7 Å². The van der Waals surface area contributed by atoms with Crippen LogP contribution in [0.1, 0.15) is 25.7 Å². The minimum absolute atomic E-state index is 0.265. The summed E-state index contributed by atoms with van der Waals surface area (Å²) in [5.41, 5.74) is 0. The minimum Gasteiger partial charge on any atom is -0.496 e. The number of aliphatic hydroxyl groups excluding tert-OH is 1. The Morgan fingerprint density at radius 2 is 2.24 bits per heavy atom. The number of anilines is 1. The first-order valence-corrected chi connectivity index (χ1v) is 7.64. The summed E-state index contributed by atoms with van der Waals surface area (Å²) in [6, 6.07) is 8.61. The van der Waals surface area contributed by atoms with Crippen LogP contribution in [-0.4, -0.2) is 36.4 Å². The third-order valence-corrected chi connectivity index (χ3v) is 4.31. The second-order valence-corrected chi connectivity index (χ2v) is 5.55. The molecule has 2 heterocycles. The molecular weight excluding hydrogens is 264 g/mol. The molecule has 0 amide bonds. The quantitative estimate of drug-likeness (QED) is 0.918. The highest BCUT2D eigenvalue weighted by atomic mass is 16.5. The fourth-order valence-corrected chi connectivity index (χ4v) is 3.31. The molecule has 3 rings (SSSR count). The van der Waals surface area contributed by atoms with Crippen molar-refractivity contribution in [2.75, 3.05) is 25.2 Å². The summed E-state index contributed by atoms with van der Waals surface area (Å²) < 4.78 is 5.46. The number of rotatable bonds is 5. The molecule has 2 aromatic rings. The van der Waals surface area contributed by atoms with E-state index < -0.39 is 0 Å². The van der Waals surface area contributed by atoms with E-state index in [-0.39, 0.29) is 6.61 Å². The maximum atomic E-state index is 9.07. The Balaban J connectivity index is 2.00. The standard InChI is InChI=1S/C17H22N2O2/c1-21-16-8-2-7-15-14(16)9-10-18-17(15)19-11-3-5-13(19)6-4-12-20/h2,7-10,13,20H,3-6,11-12H2,1H3. The Kier molecular flexibility index (Phi) is 4.25. The lowest BCUT2D eigenvalue weighted by Gasteiger charge is -2.27. The molecule has 0 saturated carbocycles. The minimum atomic E-state index is 0.265. The second kappa shape index (κ2) is 6.31. The molecule has 1 aromatic carbocycles. The highest BCUT2D eigenvalue weighted by Gasteiger charge is 2.26. The number of aliphatic hydroxyl groups is 1. The molecule has 1 unspecified atom stereocenters. The van der Waals surface area contributed by atoms with Gasteiger partial charge in [-0.15, -0.1) is 0 Å². The van der Waals surface area contributed by atoms with Gasteiger partial charge in [0.2, 0.25) is 0 Å². The molecule has 112 valence electrons. The summed E-state index contributed by atoms with van der Waals surface area (Å²) >= 11 is 0. The van der Waals surface area contributed by atoms with Gasteiger partial charge in [-0.2, -0.15) is 0 Å². The van der Waals surface area contributed by atoms with Gasteiger partial charge in [-0.25, -0.2) is 4.98 Å². The molecule has 1 fully saturated rings. The van der Waals surface area contributed by atoms with Gasteiger partial charge in [0.25, 0.3) is 0 Å². The molecule has 4 heteroatoms. The molecule has 1 aliphatic heterocycles. The molecule has 1 aromatic heterocycles. The number of pyridine rings is 1. The number of benzene rings is 1. The van der Waals surface area contributed by atoms with Crippen molar-refractivity contribution in [3.63, 3.8) is 0 Å². The average Bonchev–Trinajstić information content (AvgIpc) is 2.99. The summed E-state index contributed by atoms with van der Waals surface area (Å²) in [5.74, 6) is 1.94. The summed E-state index contributed by atoms with van der Waals surface area (Å²) in [6.07, 6.45) is 6.12. The number of ether oxygens (including phenoxy) is 1. The first kappa shape index (κ1) is 14.1. The molecule has 1 N–H and O–H groups in total. The van der Waals surface area contributed by atoms with Crippen molar-refractivity contribution in [2.24, 2.45) is 0 Å². The van der Waals surface area contributed by atoms with E-state index in [1.165, 1.54) is 12.8 Å². The van der Waals surface area contributed by atoms with Crippen molar-refractivity contribution in [1.29, 1.82) is 0 Å². The topological polar surface area (TPSA) is 45.6 Å². The van der Waals surface area contributed by atoms with E-state index >= 15 is 0 Å². The van der Waals surface area contributed by atoms with Crippen LogP contribution < -0.4 is 9.64 Å². The van der Waals surface area contributed by atoms with Crippen molar-refractivity contribution < 1.29 is 9.84 Å². The van der Waals surface area contributed by atoms with Crippen molar-refractivity contribution in [1.82, 2.24) is 4.98 Å². The lowest BCUT2D eigenvalue weighted by atomic mass is 10.1. The van der Waals surface area contributed by atoms with Crippen LogP contribution in [0.3, 0.4) is 0 Å². The zero-order chi connectivity index (χ0) is 14.7. The smallest absolute Gasteiger partial charge is 0.136 e. The molecule has 1 aliphatic rings. The lowest BCUT2D eigenvalue weighted by Crippen LogP contribution is -2.30. The zero-order valence-electron chi connectivity index (χ0n) is 12.5. The molecule has 0 aliphatic carbocycles. The normalized spacial score (nSPS) is 18.4. The number of fused-ring (bicyclic) bond motifs is 1. The highest BCUT2D eigenvalue weighted by molar-refractivity contribution is 5.96. The second-order valence-electron chi connectivity index (χ2n) is 5.55. The van der Waals surface area contributed by atoms with Gasteiger partial charge in [0.05, 0.1) is 7.11 Å². The first-order valence-electron chi connectivity index (χ1n) is 7.64. The Morgan fingerprint density at radius 3 is 3.05 bits per heavy atom. The predicted octanol–water partition coefficient (Wildman–Crippen LogP) is 2.98. The average molecular weight is 286 g/mol. The van der Waals surface area contributed by atoms with Gasteiger partial charge in [-0.3, -0.25) is 0 Å². The van der Waals surface area contributed by atoms with Crippen molar-refractivity contribution in [2.45, 2.75) is 31.7 Å². The summed E-state index contributed by atoms with van der Waals surface area (Å²) in [7, 11) is 1.70. The van der Waals surface area contributed by atoms with Crippen LogP contribution in [0.25, 0.3) is 10.8 Å². The Labute approximate surface area is 125 Å². The van der Waals surface area contributed by atoms with Crippen LogP contribution in [0.15, 0.2) is 30.5 Å². The third-order valence-electron chi connectivity index (χ3n) is 4.31. The maximum Gasteiger partial charge on any atom is 0.136 e. The third kappa shape index (κ3) is 2.68. The van der Waals surface area contributed by atoms with E-state index in [2.05, 4.69) is 16.0 Å². The Bertz CT molecular complexity index is 615. The highest BCUT2D eigenvalue weighted by Crippen LogP contribution is 2.35. The van der Waals surface area contributed by atoms with Crippen LogP contribution in [0.4, 0.5) is 5.82 Å². The molecule has 1 atom stereocenters. The molecule has 0 radical (unpaired) electrons. The molecule has 0 spiro atoms. The monoisotopic (exact) mass is 286 g/mol. The molecule has 21 heavy (non-hydrogen) atoms. The van der Waals surface area contributed by atoms with Crippen molar-refractivity contribution in [3.05, 3.63) is 30.5 Å². The Hall–Kier alpha value is -1.81. The number of hydrogen-bond acceptors (Lipinski definition) is 4. The summed E-state index contributed by atoms with van der Waals surface area (Å²) in [5, 5.41) is 11.3. The molecule has 0 bridgehead atoms. The first-order chi connectivity index (χ1) is 10.3. The number of aromatic nitrogens is 1. The van der Waals surface area contributed by atoms with E-state index in [0.717, 1.165) is 41.7 Å². The molecule has 4 nitrogen and oxygen atoms in total. The largest absolute Gasteiger partial charge is 0.496 e. The van der Waals surface area contributed by atoms with Gasteiger partial charge in [0.15, 0.2) is 0 Å².